The van der Waals surface area contributed by atoms with Crippen LogP contribution in [0.4, 0.5) is 0 Å². The van der Waals surface area contributed by atoms with Gasteiger partial charge in [-0.25, -0.2) is 4.98 Å². The van der Waals surface area contributed by atoms with Crippen molar-refractivity contribution in [1.82, 2.24) is 14.9 Å². The smallest absolute Gasteiger partial charge is 0.249 e. The summed E-state index contributed by atoms with van der Waals surface area (Å²) in [5, 5.41) is 2.92. The van der Waals surface area contributed by atoms with E-state index in [4.69, 9.17) is 10.5 Å². The molecule has 2 atom stereocenters. The van der Waals surface area contributed by atoms with E-state index in [-0.39, 0.29) is 42.9 Å². The molecule has 1 aromatic heterocycles. The number of nitrogens with zero attached hydrogens (tertiary/aromatic N) is 2. The summed E-state index contributed by atoms with van der Waals surface area (Å²) in [6.45, 7) is 1.73. The summed E-state index contributed by atoms with van der Waals surface area (Å²) in [5.41, 5.74) is 7.59. The predicted octanol–water partition coefficient (Wildman–Crippen LogP) is 1.50. The number of hydrogen-bond donors (Lipinski definition) is 2. The van der Waals surface area contributed by atoms with Crippen LogP contribution < -0.4 is 11.1 Å². The van der Waals surface area contributed by atoms with Gasteiger partial charge in [0.25, 0.3) is 0 Å². The number of benzene rings is 1. The molecule has 3 N–H and O–H groups in total. The largest absolute Gasteiger partial charge is 0.364 e. The van der Waals surface area contributed by atoms with Crippen LogP contribution in [-0.4, -0.2) is 40.8 Å². The molecule has 0 radical (unpaired) electrons. The zero-order valence-electron chi connectivity index (χ0n) is 12.7. The average Bonchev–Trinajstić information content (AvgIpc) is 3.14. The zero-order chi connectivity index (χ0) is 14.7. The van der Waals surface area contributed by atoms with Crippen LogP contribution >= 0.6 is 24.8 Å². The molecular weight excluding hydrogens is 339 g/mol. The van der Waals surface area contributed by atoms with Gasteiger partial charge in [-0.05, 0) is 25.0 Å². The van der Waals surface area contributed by atoms with Crippen LogP contribution in [0, 0.1) is 0 Å². The van der Waals surface area contributed by atoms with E-state index >= 15 is 0 Å². The van der Waals surface area contributed by atoms with Crippen molar-refractivity contribution in [2.45, 2.75) is 31.6 Å². The molecule has 6 nitrogen and oxygen atoms in total. The van der Waals surface area contributed by atoms with Crippen molar-refractivity contribution in [2.24, 2.45) is 5.73 Å². The van der Waals surface area contributed by atoms with Crippen LogP contribution in [0.3, 0.4) is 0 Å². The number of nitrogens with two attached hydrogens (primary N) is 1. The van der Waals surface area contributed by atoms with Crippen molar-refractivity contribution in [3.8, 4) is 0 Å². The number of aromatic nitrogens is 2. The lowest BCUT2D eigenvalue weighted by Crippen LogP contribution is -2.37. The topological polar surface area (TPSA) is 82.2 Å². The number of nitrogens with one attached hydrogen (secondary N) is 1. The molecule has 2 heterocycles. The van der Waals surface area contributed by atoms with Gasteiger partial charge in [0.05, 0.1) is 23.5 Å². The van der Waals surface area contributed by atoms with E-state index in [1.165, 1.54) is 0 Å². The fourth-order valence-electron chi connectivity index (χ4n) is 2.67. The summed E-state index contributed by atoms with van der Waals surface area (Å²) in [5.74, 6) is -0.0460. The summed E-state index contributed by atoms with van der Waals surface area (Å²) in [6, 6.07) is 7.95. The quantitative estimate of drug-likeness (QED) is 0.846. The van der Waals surface area contributed by atoms with Gasteiger partial charge in [-0.15, -0.1) is 24.8 Å². The average molecular weight is 361 g/mol. The monoisotopic (exact) mass is 360 g/mol. The third-order valence-corrected chi connectivity index (χ3v) is 3.84. The first-order chi connectivity index (χ1) is 10.3. The highest BCUT2D eigenvalue weighted by Gasteiger charge is 2.29. The summed E-state index contributed by atoms with van der Waals surface area (Å²) < 4.78 is 7.61. The van der Waals surface area contributed by atoms with Crippen LogP contribution in [0.15, 0.2) is 30.6 Å². The third-order valence-electron chi connectivity index (χ3n) is 3.84. The lowest BCUT2D eigenvalue weighted by Gasteiger charge is -2.13. The molecule has 3 rings (SSSR count). The Morgan fingerprint density at radius 1 is 1.35 bits per heavy atom. The fraction of sp³-hybridized carbons (Fsp3) is 0.467. The lowest BCUT2D eigenvalue weighted by atomic mass is 10.2. The highest BCUT2D eigenvalue weighted by atomic mass is 35.5. The second kappa shape index (κ2) is 9.08. The van der Waals surface area contributed by atoms with Gasteiger partial charge in [0.1, 0.15) is 6.10 Å². The number of carbonyl (C=O) groups is 1. The van der Waals surface area contributed by atoms with Gasteiger partial charge < -0.3 is 20.4 Å². The van der Waals surface area contributed by atoms with Crippen molar-refractivity contribution in [2.75, 3.05) is 13.1 Å². The third kappa shape index (κ3) is 4.57. The molecule has 2 aromatic rings. The number of ether oxygens (including phenoxy) is 1. The normalized spacial score (nSPS) is 19.9. The molecule has 1 amide bonds. The van der Waals surface area contributed by atoms with Crippen LogP contribution in [0.25, 0.3) is 11.0 Å². The molecule has 23 heavy (non-hydrogen) atoms. The van der Waals surface area contributed by atoms with E-state index in [0.717, 1.165) is 23.9 Å². The minimum Gasteiger partial charge on any atom is -0.364 e. The Bertz CT molecular complexity index is 635. The van der Waals surface area contributed by atoms with Gasteiger partial charge in [-0.3, -0.25) is 4.79 Å². The van der Waals surface area contributed by atoms with Gasteiger partial charge in [-0.1, -0.05) is 12.1 Å². The summed E-state index contributed by atoms with van der Waals surface area (Å²) in [7, 11) is 0. The molecular formula is C15H22Cl2N4O2. The maximum atomic E-state index is 12.0. The van der Waals surface area contributed by atoms with E-state index in [1.54, 1.807) is 6.33 Å². The Morgan fingerprint density at radius 2 is 2.13 bits per heavy atom. The number of amides is 1. The molecule has 1 saturated heterocycles. The number of para-hydroxylation sites is 2. The molecule has 0 unspecified atom stereocenters. The standard InChI is InChI=1S/C15H20N4O2.2ClH/c16-9-11-5-6-14(21-11)15(20)17-7-8-19-10-18-12-3-1-2-4-13(12)19;;/h1-4,10-11,14H,5-9,16H2,(H,17,20);2*1H/t11-,14+;;/m1../s1. The Labute approximate surface area is 147 Å². The van der Waals surface area contributed by atoms with Gasteiger partial charge in [-0.2, -0.15) is 0 Å². The van der Waals surface area contributed by atoms with Crippen LogP contribution in [0.2, 0.25) is 0 Å². The van der Waals surface area contributed by atoms with E-state index in [9.17, 15) is 4.79 Å². The summed E-state index contributed by atoms with van der Waals surface area (Å²) in [4.78, 5) is 16.3. The fourth-order valence-corrected chi connectivity index (χ4v) is 2.67. The first-order valence-corrected chi connectivity index (χ1v) is 7.31. The van der Waals surface area contributed by atoms with Crippen LogP contribution in [0.5, 0.6) is 0 Å². The summed E-state index contributed by atoms with van der Waals surface area (Å²) in [6.07, 6.45) is 3.09. The highest BCUT2D eigenvalue weighted by molar-refractivity contribution is 5.85. The molecule has 0 saturated carbocycles. The first kappa shape index (κ1) is 19.7. The molecule has 128 valence electrons. The maximum Gasteiger partial charge on any atom is 0.249 e. The van der Waals surface area contributed by atoms with Crippen molar-refractivity contribution >= 4 is 41.8 Å². The van der Waals surface area contributed by atoms with Crippen molar-refractivity contribution in [3.05, 3.63) is 30.6 Å². The number of carbonyl (C=O) groups excluding carboxylic acids is 1. The number of hydrogen-bond acceptors (Lipinski definition) is 4. The Kier molecular flexibility index (Phi) is 7.78. The Balaban J connectivity index is 0.00000132. The highest BCUT2D eigenvalue weighted by Crippen LogP contribution is 2.18. The molecule has 1 fully saturated rings. The van der Waals surface area contributed by atoms with E-state index in [0.29, 0.717) is 19.6 Å². The van der Waals surface area contributed by atoms with Gasteiger partial charge in [0.15, 0.2) is 0 Å². The van der Waals surface area contributed by atoms with Crippen molar-refractivity contribution in [3.63, 3.8) is 0 Å². The molecule has 0 aliphatic carbocycles. The molecule has 0 bridgehead atoms. The van der Waals surface area contributed by atoms with E-state index < -0.39 is 0 Å². The first-order valence-electron chi connectivity index (χ1n) is 7.31. The maximum absolute atomic E-state index is 12.0. The SMILES string of the molecule is Cl.Cl.NC[C@H]1CC[C@@H](C(=O)NCCn2cnc3ccccc32)O1. The van der Waals surface area contributed by atoms with Crippen molar-refractivity contribution < 1.29 is 9.53 Å². The second-order valence-corrected chi connectivity index (χ2v) is 5.28. The predicted molar refractivity (Wildman–Crippen MR) is 94.2 cm³/mol. The number of imidazole rings is 1. The van der Waals surface area contributed by atoms with Gasteiger partial charge >= 0.3 is 0 Å². The Morgan fingerprint density at radius 3 is 2.87 bits per heavy atom. The minimum atomic E-state index is -0.349. The zero-order valence-corrected chi connectivity index (χ0v) is 14.3. The van der Waals surface area contributed by atoms with Crippen LogP contribution in [-0.2, 0) is 16.1 Å². The molecule has 1 aliphatic rings. The summed E-state index contributed by atoms with van der Waals surface area (Å²) >= 11 is 0. The molecule has 1 aromatic carbocycles. The minimum absolute atomic E-state index is 0. The van der Waals surface area contributed by atoms with Gasteiger partial charge in [0, 0.05) is 19.6 Å². The van der Waals surface area contributed by atoms with E-state index in [1.807, 2.05) is 28.8 Å². The van der Waals surface area contributed by atoms with Gasteiger partial charge in [0.2, 0.25) is 5.91 Å². The second-order valence-electron chi connectivity index (χ2n) is 5.28. The number of fused-ring (bicyclic) bond motifs is 1. The number of halogens is 2. The number of rotatable bonds is 5. The van der Waals surface area contributed by atoms with Crippen LogP contribution in [0.1, 0.15) is 12.8 Å². The van der Waals surface area contributed by atoms with Crippen molar-refractivity contribution in [1.29, 1.82) is 0 Å². The Hall–Kier alpha value is -1.34. The molecule has 8 heteroatoms. The van der Waals surface area contributed by atoms with E-state index in [2.05, 4.69) is 10.3 Å². The molecule has 0 spiro atoms. The molecule has 1 aliphatic heterocycles. The lowest BCUT2D eigenvalue weighted by molar-refractivity contribution is -0.131.